The normalized spacial score (nSPS) is 14.8. The Hall–Kier alpha value is -3.28. The van der Waals surface area contributed by atoms with Gasteiger partial charge in [-0.2, -0.15) is 0 Å². The lowest BCUT2D eigenvalue weighted by Crippen LogP contribution is -2.34. The summed E-state index contributed by atoms with van der Waals surface area (Å²) in [6.45, 7) is 6.60. The number of hydrogen-bond donors (Lipinski definition) is 3. The van der Waals surface area contributed by atoms with Gasteiger partial charge in [-0.1, -0.05) is 38.1 Å². The van der Waals surface area contributed by atoms with Gasteiger partial charge in [0.1, 0.15) is 0 Å². The molecule has 1 aromatic heterocycles. The van der Waals surface area contributed by atoms with Gasteiger partial charge in [0.25, 0.3) is 0 Å². The van der Waals surface area contributed by atoms with E-state index in [9.17, 15) is 9.59 Å². The molecule has 2 heterocycles. The van der Waals surface area contributed by atoms with Crippen LogP contribution in [0.2, 0.25) is 0 Å². The first-order valence-corrected chi connectivity index (χ1v) is 13.3. The number of rotatable bonds is 11. The van der Waals surface area contributed by atoms with E-state index in [0.29, 0.717) is 18.8 Å². The number of aryl methyl sites for hydroxylation is 1. The second kappa shape index (κ2) is 12.1. The van der Waals surface area contributed by atoms with Crippen molar-refractivity contribution >= 4 is 28.5 Å². The lowest BCUT2D eigenvalue weighted by Gasteiger charge is -2.33. The Balaban J connectivity index is 1.51. The fourth-order valence-corrected chi connectivity index (χ4v) is 5.23. The van der Waals surface area contributed by atoms with Crippen molar-refractivity contribution in [3.63, 3.8) is 0 Å². The first-order valence-electron chi connectivity index (χ1n) is 13.3. The van der Waals surface area contributed by atoms with E-state index < -0.39 is 5.97 Å². The van der Waals surface area contributed by atoms with Crippen molar-refractivity contribution in [2.75, 3.05) is 18.0 Å². The van der Waals surface area contributed by atoms with E-state index >= 15 is 0 Å². The molecule has 0 spiro atoms. The van der Waals surface area contributed by atoms with E-state index in [1.807, 2.05) is 24.4 Å². The predicted octanol–water partition coefficient (Wildman–Crippen LogP) is 6.01. The number of aromatic nitrogens is 1. The first kappa shape index (κ1) is 25.8. The summed E-state index contributed by atoms with van der Waals surface area (Å²) in [6.07, 6.45) is 8.39. The SMILES string of the molecule is CC(C)CCC(NC(=O)Cc1ccc2[nH]cc(CCC(=O)O)c2c1)c1ccccc1N1CCCCC1. The third-order valence-corrected chi connectivity index (χ3v) is 7.18. The van der Waals surface area contributed by atoms with Crippen LogP contribution in [0.4, 0.5) is 5.69 Å². The minimum atomic E-state index is -0.808. The predicted molar refractivity (Wildman–Crippen MR) is 145 cm³/mol. The second-order valence-electron chi connectivity index (χ2n) is 10.5. The van der Waals surface area contributed by atoms with Gasteiger partial charge >= 0.3 is 5.97 Å². The molecule has 1 atom stereocenters. The zero-order valence-corrected chi connectivity index (χ0v) is 21.6. The van der Waals surface area contributed by atoms with Gasteiger partial charge in [0.05, 0.1) is 12.5 Å². The molecule has 1 fully saturated rings. The number of carbonyl (C=O) groups is 2. The lowest BCUT2D eigenvalue weighted by atomic mass is 9.94. The third kappa shape index (κ3) is 6.68. The quantitative estimate of drug-likeness (QED) is 0.308. The molecular formula is C30H39N3O3. The maximum Gasteiger partial charge on any atom is 0.303 e. The average molecular weight is 490 g/mol. The van der Waals surface area contributed by atoms with Gasteiger partial charge in [-0.3, -0.25) is 9.59 Å². The molecule has 0 radical (unpaired) electrons. The highest BCUT2D eigenvalue weighted by Gasteiger charge is 2.22. The van der Waals surface area contributed by atoms with Crippen molar-refractivity contribution in [3.8, 4) is 0 Å². The molecule has 0 saturated carbocycles. The number of carboxylic acids is 1. The van der Waals surface area contributed by atoms with Crippen LogP contribution in [-0.4, -0.2) is 35.1 Å². The summed E-state index contributed by atoms with van der Waals surface area (Å²) >= 11 is 0. The Bertz CT molecular complexity index is 1180. The summed E-state index contributed by atoms with van der Waals surface area (Å²) in [7, 11) is 0. The van der Waals surface area contributed by atoms with Crippen molar-refractivity contribution in [2.24, 2.45) is 5.92 Å². The van der Waals surface area contributed by atoms with Gasteiger partial charge in [0.15, 0.2) is 0 Å². The van der Waals surface area contributed by atoms with E-state index in [0.717, 1.165) is 48.0 Å². The van der Waals surface area contributed by atoms with Gasteiger partial charge in [-0.15, -0.1) is 0 Å². The summed E-state index contributed by atoms with van der Waals surface area (Å²) in [6, 6.07) is 14.5. The van der Waals surface area contributed by atoms with Crippen LogP contribution in [0.1, 0.15) is 75.1 Å². The molecular weight excluding hydrogens is 450 g/mol. The fraction of sp³-hybridized carbons (Fsp3) is 0.467. The number of hydrogen-bond acceptors (Lipinski definition) is 3. The number of benzene rings is 2. The molecule has 3 aromatic rings. The Kier molecular flexibility index (Phi) is 8.68. The molecule has 1 aliphatic rings. The van der Waals surface area contributed by atoms with Crippen molar-refractivity contribution in [3.05, 3.63) is 65.4 Å². The highest BCUT2D eigenvalue weighted by Crippen LogP contribution is 2.32. The number of nitrogens with one attached hydrogen (secondary N) is 2. The number of aromatic amines is 1. The molecule has 1 unspecified atom stereocenters. The molecule has 1 saturated heterocycles. The maximum atomic E-state index is 13.3. The first-order chi connectivity index (χ1) is 17.4. The molecule has 1 amide bonds. The molecule has 6 nitrogen and oxygen atoms in total. The molecule has 36 heavy (non-hydrogen) atoms. The van der Waals surface area contributed by atoms with Crippen LogP contribution in [0.3, 0.4) is 0 Å². The van der Waals surface area contributed by atoms with Crippen molar-refractivity contribution in [1.82, 2.24) is 10.3 Å². The van der Waals surface area contributed by atoms with Crippen LogP contribution in [0.15, 0.2) is 48.7 Å². The number of para-hydroxylation sites is 1. The van der Waals surface area contributed by atoms with Gasteiger partial charge < -0.3 is 20.3 Å². The number of amides is 1. The molecule has 3 N–H and O–H groups in total. The van der Waals surface area contributed by atoms with E-state index in [1.165, 1.54) is 30.5 Å². The Morgan fingerprint density at radius 3 is 2.58 bits per heavy atom. The Morgan fingerprint density at radius 2 is 1.83 bits per heavy atom. The summed E-state index contributed by atoms with van der Waals surface area (Å²) in [5.41, 5.74) is 5.33. The smallest absolute Gasteiger partial charge is 0.303 e. The van der Waals surface area contributed by atoms with Crippen LogP contribution >= 0.6 is 0 Å². The fourth-order valence-electron chi connectivity index (χ4n) is 5.23. The highest BCUT2D eigenvalue weighted by molar-refractivity contribution is 5.86. The summed E-state index contributed by atoms with van der Waals surface area (Å²) in [4.78, 5) is 30.0. The number of aliphatic carboxylic acids is 1. The lowest BCUT2D eigenvalue weighted by molar-refractivity contribution is -0.137. The van der Waals surface area contributed by atoms with Gasteiger partial charge in [0, 0.05) is 42.3 Å². The average Bonchev–Trinajstić information content (AvgIpc) is 3.28. The van der Waals surface area contributed by atoms with E-state index in [4.69, 9.17) is 5.11 Å². The Labute approximate surface area is 214 Å². The van der Waals surface area contributed by atoms with Crippen LogP contribution in [0.5, 0.6) is 0 Å². The maximum absolute atomic E-state index is 13.3. The summed E-state index contributed by atoms with van der Waals surface area (Å²) in [5, 5.41) is 13.4. The third-order valence-electron chi connectivity index (χ3n) is 7.18. The molecule has 192 valence electrons. The van der Waals surface area contributed by atoms with E-state index in [1.54, 1.807) is 0 Å². The van der Waals surface area contributed by atoms with Crippen LogP contribution in [0, 0.1) is 5.92 Å². The van der Waals surface area contributed by atoms with Gasteiger partial charge in [-0.25, -0.2) is 0 Å². The van der Waals surface area contributed by atoms with Crippen LogP contribution in [0.25, 0.3) is 10.9 Å². The number of H-pyrrole nitrogens is 1. The second-order valence-corrected chi connectivity index (χ2v) is 10.5. The molecule has 6 heteroatoms. The number of fused-ring (bicyclic) bond motifs is 1. The highest BCUT2D eigenvalue weighted by atomic mass is 16.4. The molecule has 2 aromatic carbocycles. The largest absolute Gasteiger partial charge is 0.481 e. The standard InChI is InChI=1S/C30H39N3O3/c1-21(2)10-13-27(24-8-4-5-9-28(24)33-16-6-3-7-17-33)32-29(34)19-22-11-14-26-25(18-22)23(20-31-26)12-15-30(35)36/h4-5,8-9,11,14,18,20-21,27,31H,3,6-7,10,12-13,15-17,19H2,1-2H3,(H,32,34)(H,35,36). The van der Waals surface area contributed by atoms with E-state index in [2.05, 4.69) is 53.3 Å². The topological polar surface area (TPSA) is 85.4 Å². The minimum Gasteiger partial charge on any atom is -0.481 e. The summed E-state index contributed by atoms with van der Waals surface area (Å²) < 4.78 is 0. The van der Waals surface area contributed by atoms with Crippen LogP contribution in [-0.2, 0) is 22.4 Å². The van der Waals surface area contributed by atoms with Crippen LogP contribution < -0.4 is 10.2 Å². The summed E-state index contributed by atoms with van der Waals surface area (Å²) in [5.74, 6) is -0.233. The van der Waals surface area contributed by atoms with Crippen molar-refractivity contribution in [2.45, 2.75) is 71.3 Å². The number of piperidine rings is 1. The zero-order chi connectivity index (χ0) is 25.5. The number of nitrogens with zero attached hydrogens (tertiary/aromatic N) is 1. The molecule has 0 aliphatic carbocycles. The number of carbonyl (C=O) groups excluding carboxylic acids is 1. The molecule has 4 rings (SSSR count). The number of carboxylic acid groups (broad SMARTS) is 1. The van der Waals surface area contributed by atoms with Gasteiger partial charge in [-0.05, 0) is 79.3 Å². The molecule has 1 aliphatic heterocycles. The van der Waals surface area contributed by atoms with Gasteiger partial charge in [0.2, 0.25) is 5.91 Å². The van der Waals surface area contributed by atoms with Crippen molar-refractivity contribution in [1.29, 1.82) is 0 Å². The van der Waals surface area contributed by atoms with Crippen molar-refractivity contribution < 1.29 is 14.7 Å². The van der Waals surface area contributed by atoms with E-state index in [-0.39, 0.29) is 18.4 Å². The minimum absolute atomic E-state index is 0.0131. The Morgan fingerprint density at radius 1 is 1.06 bits per heavy atom. The molecule has 0 bridgehead atoms. The monoisotopic (exact) mass is 489 g/mol. The zero-order valence-electron chi connectivity index (χ0n) is 21.6. The number of anilines is 1.